The largest absolute Gasteiger partial charge is 0.399 e. The first-order valence-corrected chi connectivity index (χ1v) is 5.27. The number of hydrogen-bond donors (Lipinski definition) is 2. The van der Waals surface area contributed by atoms with Crippen LogP contribution in [0.1, 0.15) is 32.1 Å². The summed E-state index contributed by atoms with van der Waals surface area (Å²) < 4.78 is 0. The van der Waals surface area contributed by atoms with E-state index in [1.807, 2.05) is 30.3 Å². The summed E-state index contributed by atoms with van der Waals surface area (Å²) in [5, 5.41) is 8.91. The third-order valence-corrected chi connectivity index (χ3v) is 2.37. The minimum absolute atomic E-state index is 0.0359. The van der Waals surface area contributed by atoms with Gasteiger partial charge in [-0.05, 0) is 25.0 Å². The summed E-state index contributed by atoms with van der Waals surface area (Å²) in [6, 6.07) is 9.49. The second-order valence-corrected chi connectivity index (χ2v) is 3.70. The molecule has 0 bridgehead atoms. The molecule has 0 saturated heterocycles. The van der Waals surface area contributed by atoms with Crippen LogP contribution in [0.25, 0.3) is 0 Å². The van der Waals surface area contributed by atoms with Crippen molar-refractivity contribution in [2.24, 2.45) is 0 Å². The summed E-state index contributed by atoms with van der Waals surface area (Å²) in [4.78, 5) is 0. The van der Waals surface area contributed by atoms with Crippen molar-refractivity contribution in [2.45, 2.75) is 38.2 Å². The molecule has 0 aliphatic heterocycles. The lowest BCUT2D eigenvalue weighted by molar-refractivity contribution is 0.130. The molecule has 2 nitrogen and oxygen atoms in total. The molecular formula is C12H19NO. The van der Waals surface area contributed by atoms with Crippen LogP contribution in [0.15, 0.2) is 30.3 Å². The number of aliphatic hydroxyl groups is 1. The van der Waals surface area contributed by atoms with Crippen LogP contribution in [0.4, 0.5) is 5.69 Å². The molecule has 1 aliphatic rings. The van der Waals surface area contributed by atoms with Crippen molar-refractivity contribution in [3.8, 4) is 0 Å². The molecule has 0 amide bonds. The molecule has 1 aliphatic carbocycles. The molecule has 0 unspecified atom stereocenters. The SMILES string of the molecule is Nc1ccccc1.OC1CCCCC1. The molecule has 1 saturated carbocycles. The molecule has 78 valence electrons. The van der Waals surface area contributed by atoms with Gasteiger partial charge in [-0.15, -0.1) is 0 Å². The Labute approximate surface area is 85.8 Å². The van der Waals surface area contributed by atoms with Crippen LogP contribution >= 0.6 is 0 Å². The van der Waals surface area contributed by atoms with Gasteiger partial charge in [0.2, 0.25) is 0 Å². The highest BCUT2D eigenvalue weighted by molar-refractivity contribution is 5.35. The maximum absolute atomic E-state index is 8.91. The molecule has 1 fully saturated rings. The van der Waals surface area contributed by atoms with E-state index in [4.69, 9.17) is 10.8 Å². The molecule has 3 N–H and O–H groups in total. The molecule has 0 radical (unpaired) electrons. The Morgan fingerprint density at radius 2 is 1.57 bits per heavy atom. The summed E-state index contributed by atoms with van der Waals surface area (Å²) in [7, 11) is 0. The summed E-state index contributed by atoms with van der Waals surface area (Å²) in [5.41, 5.74) is 6.18. The van der Waals surface area contributed by atoms with Crippen LogP contribution in [0.5, 0.6) is 0 Å². The fourth-order valence-corrected chi connectivity index (χ4v) is 1.53. The Morgan fingerprint density at radius 3 is 1.86 bits per heavy atom. The number of benzene rings is 1. The molecule has 1 aromatic rings. The first-order chi connectivity index (χ1) is 6.79. The summed E-state index contributed by atoms with van der Waals surface area (Å²) >= 11 is 0. The van der Waals surface area contributed by atoms with Gasteiger partial charge in [0.15, 0.2) is 0 Å². The van der Waals surface area contributed by atoms with Crippen LogP contribution in [0.2, 0.25) is 0 Å². The number of nitrogen functional groups attached to an aromatic ring is 1. The second kappa shape index (κ2) is 6.44. The van der Waals surface area contributed by atoms with Gasteiger partial charge in [-0.3, -0.25) is 0 Å². The van der Waals surface area contributed by atoms with Crippen molar-refractivity contribution >= 4 is 5.69 Å². The Hall–Kier alpha value is -1.02. The van der Waals surface area contributed by atoms with Crippen LogP contribution in [0, 0.1) is 0 Å². The highest BCUT2D eigenvalue weighted by Crippen LogP contribution is 2.16. The first kappa shape index (κ1) is 11.1. The van der Waals surface area contributed by atoms with Gasteiger partial charge in [-0.2, -0.15) is 0 Å². The van der Waals surface area contributed by atoms with Crippen LogP contribution < -0.4 is 5.73 Å². The molecule has 0 aromatic heterocycles. The summed E-state index contributed by atoms with van der Waals surface area (Å²) in [5.74, 6) is 0. The fraction of sp³-hybridized carbons (Fsp3) is 0.500. The number of hydrogen-bond acceptors (Lipinski definition) is 2. The lowest BCUT2D eigenvalue weighted by Gasteiger charge is -2.14. The van der Waals surface area contributed by atoms with E-state index >= 15 is 0 Å². The third-order valence-electron chi connectivity index (χ3n) is 2.37. The second-order valence-electron chi connectivity index (χ2n) is 3.70. The van der Waals surface area contributed by atoms with E-state index in [2.05, 4.69) is 0 Å². The van der Waals surface area contributed by atoms with Crippen molar-refractivity contribution in [3.63, 3.8) is 0 Å². The fourth-order valence-electron chi connectivity index (χ4n) is 1.53. The highest BCUT2D eigenvalue weighted by Gasteiger charge is 2.07. The lowest BCUT2D eigenvalue weighted by atomic mass is 9.98. The van der Waals surface area contributed by atoms with Crippen molar-refractivity contribution in [3.05, 3.63) is 30.3 Å². The zero-order chi connectivity index (χ0) is 10.2. The van der Waals surface area contributed by atoms with Gasteiger partial charge in [0.05, 0.1) is 6.10 Å². The van der Waals surface area contributed by atoms with Gasteiger partial charge in [-0.25, -0.2) is 0 Å². The molecule has 2 heteroatoms. The van der Waals surface area contributed by atoms with Gasteiger partial charge >= 0.3 is 0 Å². The van der Waals surface area contributed by atoms with Crippen LogP contribution in [-0.4, -0.2) is 11.2 Å². The average Bonchev–Trinajstić information content (AvgIpc) is 2.21. The van der Waals surface area contributed by atoms with E-state index in [0.29, 0.717) is 0 Å². The normalized spacial score (nSPS) is 16.9. The molecular weight excluding hydrogens is 174 g/mol. The van der Waals surface area contributed by atoms with E-state index in [0.717, 1.165) is 18.5 Å². The van der Waals surface area contributed by atoms with Crippen molar-refractivity contribution in [1.82, 2.24) is 0 Å². The highest BCUT2D eigenvalue weighted by atomic mass is 16.3. The summed E-state index contributed by atoms with van der Waals surface area (Å²) in [6.07, 6.45) is 5.92. The Bertz CT molecular complexity index is 229. The quantitative estimate of drug-likeness (QED) is 0.622. The standard InChI is InChI=1S/C6H7N.C6H12O/c2*7-6-4-2-1-3-5-6/h1-5H,7H2;6-7H,1-5H2. The number of rotatable bonds is 0. The minimum atomic E-state index is 0.0359. The Morgan fingerprint density at radius 1 is 1.00 bits per heavy atom. The molecule has 0 heterocycles. The topological polar surface area (TPSA) is 46.2 Å². The van der Waals surface area contributed by atoms with E-state index in [9.17, 15) is 0 Å². The van der Waals surface area contributed by atoms with E-state index < -0.39 is 0 Å². The number of para-hydroxylation sites is 1. The third kappa shape index (κ3) is 4.87. The average molecular weight is 193 g/mol. The molecule has 0 spiro atoms. The number of nitrogens with two attached hydrogens (primary N) is 1. The maximum atomic E-state index is 8.91. The van der Waals surface area contributed by atoms with Crippen molar-refractivity contribution in [2.75, 3.05) is 5.73 Å². The van der Waals surface area contributed by atoms with Gasteiger partial charge in [0.25, 0.3) is 0 Å². The van der Waals surface area contributed by atoms with Crippen molar-refractivity contribution < 1.29 is 5.11 Å². The zero-order valence-corrected chi connectivity index (χ0v) is 8.52. The predicted molar refractivity (Wildman–Crippen MR) is 59.9 cm³/mol. The predicted octanol–water partition coefficient (Wildman–Crippen LogP) is 2.58. The van der Waals surface area contributed by atoms with E-state index in [1.54, 1.807) is 0 Å². The van der Waals surface area contributed by atoms with E-state index in [-0.39, 0.29) is 6.10 Å². The van der Waals surface area contributed by atoms with Gasteiger partial charge < -0.3 is 10.8 Å². The Balaban J connectivity index is 0.000000140. The van der Waals surface area contributed by atoms with Gasteiger partial charge in [-0.1, -0.05) is 37.5 Å². The summed E-state index contributed by atoms with van der Waals surface area (Å²) in [6.45, 7) is 0. The first-order valence-electron chi connectivity index (χ1n) is 5.27. The number of anilines is 1. The number of aliphatic hydroxyl groups excluding tert-OH is 1. The molecule has 0 atom stereocenters. The van der Waals surface area contributed by atoms with Crippen LogP contribution in [0.3, 0.4) is 0 Å². The maximum Gasteiger partial charge on any atom is 0.0540 e. The molecule has 2 rings (SSSR count). The van der Waals surface area contributed by atoms with Crippen molar-refractivity contribution in [1.29, 1.82) is 0 Å². The van der Waals surface area contributed by atoms with Gasteiger partial charge in [0, 0.05) is 5.69 Å². The Kier molecular flexibility index (Phi) is 5.08. The lowest BCUT2D eigenvalue weighted by Crippen LogP contribution is -2.09. The molecule has 1 aromatic carbocycles. The zero-order valence-electron chi connectivity index (χ0n) is 8.52. The van der Waals surface area contributed by atoms with E-state index in [1.165, 1.54) is 19.3 Å². The monoisotopic (exact) mass is 193 g/mol. The van der Waals surface area contributed by atoms with Crippen LogP contribution in [-0.2, 0) is 0 Å². The minimum Gasteiger partial charge on any atom is -0.399 e. The smallest absolute Gasteiger partial charge is 0.0540 e. The van der Waals surface area contributed by atoms with Gasteiger partial charge in [0.1, 0.15) is 0 Å². The molecule has 14 heavy (non-hydrogen) atoms.